The molecule has 1 saturated carbocycles. The van der Waals surface area contributed by atoms with Crippen molar-refractivity contribution in [2.75, 3.05) is 0 Å². The number of rotatable bonds is 11. The molecule has 1 aliphatic carbocycles. The highest BCUT2D eigenvalue weighted by Gasteiger charge is 2.30. The molecule has 1 aromatic rings. The van der Waals surface area contributed by atoms with E-state index in [0.717, 1.165) is 24.5 Å². The van der Waals surface area contributed by atoms with Crippen LogP contribution in [0.4, 0.5) is 13.2 Å². The van der Waals surface area contributed by atoms with Gasteiger partial charge in [-0.1, -0.05) is 77.6 Å². The maximum absolute atomic E-state index is 12.6. The van der Waals surface area contributed by atoms with Gasteiger partial charge < -0.3 is 4.74 Å². The van der Waals surface area contributed by atoms with Crippen molar-refractivity contribution in [1.82, 2.24) is 0 Å². The molecule has 2 nitrogen and oxygen atoms in total. The van der Waals surface area contributed by atoms with Crippen molar-refractivity contribution in [2.24, 2.45) is 11.8 Å². The zero-order valence-electron chi connectivity index (χ0n) is 17.6. The quantitative estimate of drug-likeness (QED) is 0.209. The number of hydrogen-bond acceptors (Lipinski definition) is 2. The molecule has 164 valence electrons. The second-order valence-electron chi connectivity index (χ2n) is 8.48. The van der Waals surface area contributed by atoms with E-state index in [-0.39, 0.29) is 11.7 Å². The Labute approximate surface area is 173 Å². The average Bonchev–Trinajstić information content (AvgIpc) is 2.70. The third-order valence-corrected chi connectivity index (χ3v) is 6.10. The van der Waals surface area contributed by atoms with E-state index in [9.17, 15) is 18.0 Å². The molecule has 0 heterocycles. The lowest BCUT2D eigenvalue weighted by atomic mass is 9.78. The Morgan fingerprint density at radius 1 is 0.897 bits per heavy atom. The fraction of sp³-hybridized carbons (Fsp3) is 0.708. The summed E-state index contributed by atoms with van der Waals surface area (Å²) in [5.41, 5.74) is -0.741. The second-order valence-corrected chi connectivity index (χ2v) is 8.48. The van der Waals surface area contributed by atoms with Crippen molar-refractivity contribution in [3.8, 4) is 5.75 Å². The summed E-state index contributed by atoms with van der Waals surface area (Å²) in [5, 5.41) is 0. The molecule has 2 rings (SSSR count). The van der Waals surface area contributed by atoms with Gasteiger partial charge in [0.05, 0.1) is 5.56 Å². The summed E-state index contributed by atoms with van der Waals surface area (Å²) in [4.78, 5) is 12.0. The largest absolute Gasteiger partial charge is 0.427 e. The standard InChI is InChI=1S/C24H35F3O2/c1-2-3-4-5-6-7-8-19-9-11-20(12-10-19)13-18-23(28)29-22-16-14-21(15-17-22)24(25,26)27/h14-17,19-20H,2-13,18H2,1H3/t19-,20-. The number of carbonyl (C=O) groups excluding carboxylic acids is 1. The summed E-state index contributed by atoms with van der Waals surface area (Å²) < 4.78 is 42.9. The van der Waals surface area contributed by atoms with Crippen molar-refractivity contribution in [1.29, 1.82) is 0 Å². The van der Waals surface area contributed by atoms with Crippen LogP contribution in [0.15, 0.2) is 24.3 Å². The van der Waals surface area contributed by atoms with E-state index in [4.69, 9.17) is 4.74 Å². The summed E-state index contributed by atoms with van der Waals surface area (Å²) >= 11 is 0. The van der Waals surface area contributed by atoms with Crippen LogP contribution in [-0.2, 0) is 11.0 Å². The van der Waals surface area contributed by atoms with E-state index in [1.807, 2.05) is 0 Å². The minimum absolute atomic E-state index is 0.172. The van der Waals surface area contributed by atoms with Gasteiger partial charge in [0.15, 0.2) is 0 Å². The van der Waals surface area contributed by atoms with Crippen LogP contribution in [0.25, 0.3) is 0 Å². The van der Waals surface area contributed by atoms with Crippen molar-refractivity contribution in [3.63, 3.8) is 0 Å². The summed E-state index contributed by atoms with van der Waals surface area (Å²) in [5.74, 6) is 1.22. The van der Waals surface area contributed by atoms with Crippen LogP contribution < -0.4 is 4.74 Å². The Balaban J connectivity index is 1.58. The van der Waals surface area contributed by atoms with Gasteiger partial charge in [-0.25, -0.2) is 0 Å². The topological polar surface area (TPSA) is 26.3 Å². The smallest absolute Gasteiger partial charge is 0.416 e. The molecule has 0 unspecified atom stereocenters. The van der Waals surface area contributed by atoms with Crippen LogP contribution in [0.2, 0.25) is 0 Å². The van der Waals surface area contributed by atoms with Gasteiger partial charge in [-0.2, -0.15) is 13.2 Å². The van der Waals surface area contributed by atoms with Gasteiger partial charge in [-0.15, -0.1) is 0 Å². The van der Waals surface area contributed by atoms with Crippen LogP contribution in [0.3, 0.4) is 0 Å². The average molecular weight is 413 g/mol. The molecular formula is C24H35F3O2. The van der Waals surface area contributed by atoms with Gasteiger partial charge in [0.1, 0.15) is 5.75 Å². The van der Waals surface area contributed by atoms with Crippen LogP contribution in [0.5, 0.6) is 5.75 Å². The van der Waals surface area contributed by atoms with Crippen LogP contribution >= 0.6 is 0 Å². The van der Waals surface area contributed by atoms with Crippen molar-refractivity contribution < 1.29 is 22.7 Å². The summed E-state index contributed by atoms with van der Waals surface area (Å²) in [6, 6.07) is 4.28. The molecule has 0 bridgehead atoms. The van der Waals surface area contributed by atoms with Gasteiger partial charge in [-0.05, 0) is 42.5 Å². The first-order valence-corrected chi connectivity index (χ1v) is 11.3. The van der Waals surface area contributed by atoms with Crippen molar-refractivity contribution >= 4 is 5.97 Å². The molecule has 1 aromatic carbocycles. The number of alkyl halides is 3. The molecule has 5 heteroatoms. The molecule has 0 aliphatic heterocycles. The predicted octanol–water partition coefficient (Wildman–Crippen LogP) is 7.95. The number of benzene rings is 1. The normalized spacial score (nSPS) is 19.9. The van der Waals surface area contributed by atoms with E-state index < -0.39 is 11.7 Å². The van der Waals surface area contributed by atoms with Gasteiger partial charge in [0.25, 0.3) is 0 Å². The fourth-order valence-corrected chi connectivity index (χ4v) is 4.24. The summed E-state index contributed by atoms with van der Waals surface area (Å²) in [7, 11) is 0. The van der Waals surface area contributed by atoms with Crippen LogP contribution in [0, 0.1) is 11.8 Å². The molecule has 0 atom stereocenters. The summed E-state index contributed by atoms with van der Waals surface area (Å²) in [6.45, 7) is 2.24. The molecule has 29 heavy (non-hydrogen) atoms. The van der Waals surface area contributed by atoms with Crippen LogP contribution in [0.1, 0.15) is 96.0 Å². The van der Waals surface area contributed by atoms with E-state index in [1.54, 1.807) is 0 Å². The number of unbranched alkanes of at least 4 members (excludes halogenated alkanes) is 5. The van der Waals surface area contributed by atoms with E-state index >= 15 is 0 Å². The summed E-state index contributed by atoms with van der Waals surface area (Å²) in [6.07, 6.45) is 11.0. The second kappa shape index (κ2) is 12.2. The highest BCUT2D eigenvalue weighted by atomic mass is 19.4. The third-order valence-electron chi connectivity index (χ3n) is 6.10. The molecule has 0 N–H and O–H groups in total. The molecule has 1 fully saturated rings. The molecule has 0 spiro atoms. The SMILES string of the molecule is CCCCCCCC[C@H]1CC[C@H](CCC(=O)Oc2ccc(C(F)(F)F)cc2)CC1. The molecule has 0 radical (unpaired) electrons. The van der Waals surface area contributed by atoms with Gasteiger partial charge in [0, 0.05) is 6.42 Å². The number of hydrogen-bond donors (Lipinski definition) is 0. The van der Waals surface area contributed by atoms with Gasteiger partial charge in [-0.3, -0.25) is 4.79 Å². The minimum Gasteiger partial charge on any atom is -0.427 e. The lowest BCUT2D eigenvalue weighted by Crippen LogP contribution is -2.17. The Bertz CT molecular complexity index is 587. The number of esters is 1. The van der Waals surface area contributed by atoms with Crippen molar-refractivity contribution in [3.05, 3.63) is 29.8 Å². The lowest BCUT2D eigenvalue weighted by molar-refractivity contribution is -0.137. The van der Waals surface area contributed by atoms with E-state index in [2.05, 4.69) is 6.92 Å². The molecular weight excluding hydrogens is 377 g/mol. The van der Waals surface area contributed by atoms with Crippen molar-refractivity contribution in [2.45, 2.75) is 96.6 Å². The molecule has 0 amide bonds. The maximum Gasteiger partial charge on any atom is 0.416 e. The first-order valence-electron chi connectivity index (χ1n) is 11.3. The van der Waals surface area contributed by atoms with E-state index in [1.165, 1.54) is 82.8 Å². The van der Waals surface area contributed by atoms with Crippen LogP contribution in [-0.4, -0.2) is 5.97 Å². The third kappa shape index (κ3) is 9.22. The molecule has 0 saturated heterocycles. The first-order chi connectivity index (χ1) is 13.9. The number of ether oxygens (including phenoxy) is 1. The first kappa shape index (κ1) is 23.8. The Hall–Kier alpha value is -1.52. The Morgan fingerprint density at radius 2 is 1.45 bits per heavy atom. The minimum atomic E-state index is -4.38. The van der Waals surface area contributed by atoms with E-state index in [0.29, 0.717) is 12.3 Å². The molecule has 0 aromatic heterocycles. The lowest BCUT2D eigenvalue weighted by Gasteiger charge is -2.28. The zero-order chi connectivity index (χ0) is 21.1. The fourth-order valence-electron chi connectivity index (χ4n) is 4.24. The molecule has 1 aliphatic rings. The monoisotopic (exact) mass is 412 g/mol. The number of carbonyl (C=O) groups is 1. The zero-order valence-corrected chi connectivity index (χ0v) is 17.6. The maximum atomic E-state index is 12.6. The highest BCUT2D eigenvalue weighted by Crippen LogP contribution is 2.34. The van der Waals surface area contributed by atoms with Gasteiger partial charge in [0.2, 0.25) is 0 Å². The Kier molecular flexibility index (Phi) is 10.0. The predicted molar refractivity (Wildman–Crippen MR) is 110 cm³/mol. The highest BCUT2D eigenvalue weighted by molar-refractivity contribution is 5.72. The van der Waals surface area contributed by atoms with Gasteiger partial charge >= 0.3 is 12.1 Å². The number of halogens is 3. The Morgan fingerprint density at radius 3 is 2.03 bits per heavy atom.